The Labute approximate surface area is 193 Å². The average molecular weight is 430 g/mol. The Morgan fingerprint density at radius 1 is 0.938 bits per heavy atom. The topological polar surface area (TPSA) is 12.5 Å². The Kier molecular flexibility index (Phi) is 6.30. The monoisotopic (exact) mass is 429 g/mol. The summed E-state index contributed by atoms with van der Waals surface area (Å²) in [5.74, 6) is 1.37. The second-order valence-electron chi connectivity index (χ2n) is 10.4. The molecule has 0 saturated carbocycles. The number of fused-ring (bicyclic) bond motifs is 1. The molecule has 1 aliphatic rings. The van der Waals surface area contributed by atoms with E-state index in [-0.39, 0.29) is 5.54 Å². The van der Waals surface area contributed by atoms with Crippen molar-refractivity contribution < 1.29 is 9.22 Å². The first-order valence-corrected chi connectivity index (χ1v) is 11.7. The number of benzene rings is 3. The molecule has 4 rings (SSSR count). The maximum absolute atomic E-state index is 6.26. The minimum Gasteiger partial charge on any atom is -0.488 e. The molecule has 32 heavy (non-hydrogen) atoms. The Balaban J connectivity index is 1.48. The Morgan fingerprint density at radius 2 is 1.59 bits per heavy atom. The summed E-state index contributed by atoms with van der Waals surface area (Å²) in [6, 6.07) is 28.3. The number of likely N-dealkylation sites (N-methyl/N-ethyl adjacent to an activating group) is 1. The van der Waals surface area contributed by atoms with Crippen molar-refractivity contribution in [2.24, 2.45) is 0 Å². The van der Waals surface area contributed by atoms with Gasteiger partial charge in [-0.1, -0.05) is 66.7 Å². The molecular formula is C29H37N2O+. The van der Waals surface area contributed by atoms with Gasteiger partial charge in [0.05, 0.1) is 14.1 Å². The highest BCUT2D eigenvalue weighted by atomic mass is 16.5. The molecule has 3 aromatic carbocycles. The van der Waals surface area contributed by atoms with Crippen LogP contribution in [0.2, 0.25) is 0 Å². The predicted octanol–water partition coefficient (Wildman–Crippen LogP) is 6.09. The van der Waals surface area contributed by atoms with Crippen LogP contribution >= 0.6 is 0 Å². The van der Waals surface area contributed by atoms with E-state index in [4.69, 9.17) is 4.74 Å². The molecular weight excluding hydrogens is 392 g/mol. The van der Waals surface area contributed by atoms with Crippen LogP contribution in [0.5, 0.6) is 5.75 Å². The van der Waals surface area contributed by atoms with Gasteiger partial charge < -0.3 is 14.1 Å². The summed E-state index contributed by atoms with van der Waals surface area (Å²) in [6.45, 7) is 7.34. The highest BCUT2D eigenvalue weighted by Gasteiger charge is 2.36. The zero-order chi connectivity index (χ0) is 22.8. The number of anilines is 1. The molecule has 0 bridgehead atoms. The lowest BCUT2D eigenvalue weighted by atomic mass is 9.76. The summed E-state index contributed by atoms with van der Waals surface area (Å²) >= 11 is 0. The molecule has 0 aromatic heterocycles. The minimum atomic E-state index is 0.0840. The molecule has 3 nitrogen and oxygen atoms in total. The first-order valence-electron chi connectivity index (χ1n) is 11.7. The average Bonchev–Trinajstić information content (AvgIpc) is 2.77. The van der Waals surface area contributed by atoms with Crippen molar-refractivity contribution in [3.05, 3.63) is 95.6 Å². The molecule has 1 aliphatic heterocycles. The van der Waals surface area contributed by atoms with Crippen LogP contribution in [0.3, 0.4) is 0 Å². The van der Waals surface area contributed by atoms with Gasteiger partial charge in [-0.15, -0.1) is 0 Å². The van der Waals surface area contributed by atoms with E-state index in [2.05, 4.69) is 119 Å². The third kappa shape index (κ3) is 4.99. The zero-order valence-corrected chi connectivity index (χ0v) is 20.2. The van der Waals surface area contributed by atoms with Gasteiger partial charge in [0.25, 0.3) is 0 Å². The molecule has 168 valence electrons. The van der Waals surface area contributed by atoms with Crippen LogP contribution in [0, 0.1) is 0 Å². The van der Waals surface area contributed by atoms with Crippen molar-refractivity contribution in [2.45, 2.75) is 38.3 Å². The van der Waals surface area contributed by atoms with E-state index in [0.717, 1.165) is 29.7 Å². The highest BCUT2D eigenvalue weighted by molar-refractivity contribution is 5.63. The SMILES string of the molecule is CN1c2cc(OCC[N+](C)(C)Cc3ccccc3)ccc2C(c2ccccc2)CC1(C)C. The van der Waals surface area contributed by atoms with E-state index in [1.54, 1.807) is 0 Å². The summed E-state index contributed by atoms with van der Waals surface area (Å²) in [5.41, 5.74) is 5.52. The molecule has 3 heteroatoms. The highest BCUT2D eigenvalue weighted by Crippen LogP contribution is 2.46. The van der Waals surface area contributed by atoms with Gasteiger partial charge in [-0.25, -0.2) is 0 Å². The number of nitrogens with zero attached hydrogens (tertiary/aromatic N) is 2. The van der Waals surface area contributed by atoms with Gasteiger partial charge in [0.2, 0.25) is 0 Å². The van der Waals surface area contributed by atoms with Gasteiger partial charge in [0.1, 0.15) is 25.4 Å². The second kappa shape index (κ2) is 8.99. The molecule has 0 amide bonds. The number of hydrogen-bond donors (Lipinski definition) is 0. The molecule has 0 N–H and O–H groups in total. The minimum absolute atomic E-state index is 0.0840. The van der Waals surface area contributed by atoms with Gasteiger partial charge in [-0.05, 0) is 37.5 Å². The summed E-state index contributed by atoms with van der Waals surface area (Å²) < 4.78 is 7.16. The second-order valence-corrected chi connectivity index (χ2v) is 10.4. The van der Waals surface area contributed by atoms with Crippen molar-refractivity contribution in [2.75, 3.05) is 39.2 Å². The van der Waals surface area contributed by atoms with E-state index >= 15 is 0 Å². The van der Waals surface area contributed by atoms with E-state index in [0.29, 0.717) is 12.5 Å². The third-order valence-electron chi connectivity index (χ3n) is 6.97. The number of rotatable bonds is 7. The summed E-state index contributed by atoms with van der Waals surface area (Å²) in [6.07, 6.45) is 1.10. The molecule has 1 unspecified atom stereocenters. The third-order valence-corrected chi connectivity index (χ3v) is 6.97. The van der Waals surface area contributed by atoms with Gasteiger partial charge in [-0.2, -0.15) is 0 Å². The van der Waals surface area contributed by atoms with Crippen LogP contribution in [0.25, 0.3) is 0 Å². The number of quaternary nitrogens is 1. The van der Waals surface area contributed by atoms with E-state index in [1.807, 2.05) is 0 Å². The van der Waals surface area contributed by atoms with Crippen molar-refractivity contribution in [3.8, 4) is 5.75 Å². The molecule has 0 spiro atoms. The van der Waals surface area contributed by atoms with Crippen LogP contribution in [-0.4, -0.2) is 44.3 Å². The summed E-state index contributed by atoms with van der Waals surface area (Å²) in [5, 5.41) is 0. The quantitative estimate of drug-likeness (QED) is 0.421. The smallest absolute Gasteiger partial charge is 0.137 e. The van der Waals surface area contributed by atoms with E-state index in [1.165, 1.54) is 22.4 Å². The number of ether oxygens (including phenoxy) is 1. The fourth-order valence-electron chi connectivity index (χ4n) is 4.82. The first-order chi connectivity index (χ1) is 15.3. The van der Waals surface area contributed by atoms with Crippen molar-refractivity contribution in [1.29, 1.82) is 0 Å². The standard InChI is InChI=1S/C29H37N2O/c1-29(2)21-27(24-14-10-7-11-15-24)26-17-16-25(20-28(26)30(29)3)32-19-18-31(4,5)22-23-12-8-6-9-13-23/h6-17,20,27H,18-19,21-22H2,1-5H3/q+1. The van der Waals surface area contributed by atoms with E-state index < -0.39 is 0 Å². The summed E-state index contributed by atoms with van der Waals surface area (Å²) in [4.78, 5) is 2.42. The lowest BCUT2D eigenvalue weighted by Crippen LogP contribution is -2.46. The van der Waals surface area contributed by atoms with Crippen LogP contribution in [0.15, 0.2) is 78.9 Å². The van der Waals surface area contributed by atoms with E-state index in [9.17, 15) is 0 Å². The molecule has 0 fully saturated rings. The van der Waals surface area contributed by atoms with Crippen LogP contribution in [0.4, 0.5) is 5.69 Å². The van der Waals surface area contributed by atoms with Crippen LogP contribution in [-0.2, 0) is 6.54 Å². The molecule has 0 radical (unpaired) electrons. The predicted molar refractivity (Wildman–Crippen MR) is 134 cm³/mol. The van der Waals surface area contributed by atoms with Crippen molar-refractivity contribution in [3.63, 3.8) is 0 Å². The molecule has 1 heterocycles. The largest absolute Gasteiger partial charge is 0.488 e. The van der Waals surface area contributed by atoms with Crippen LogP contribution in [0.1, 0.15) is 42.9 Å². The first kappa shape index (κ1) is 22.4. The maximum atomic E-state index is 6.26. The Bertz CT molecular complexity index is 1030. The van der Waals surface area contributed by atoms with Crippen molar-refractivity contribution in [1.82, 2.24) is 0 Å². The molecule has 0 aliphatic carbocycles. The molecule has 1 atom stereocenters. The van der Waals surface area contributed by atoms with Gasteiger partial charge in [-0.3, -0.25) is 0 Å². The fourth-order valence-corrected chi connectivity index (χ4v) is 4.82. The summed E-state index contributed by atoms with van der Waals surface area (Å²) in [7, 11) is 6.75. The zero-order valence-electron chi connectivity index (χ0n) is 20.2. The van der Waals surface area contributed by atoms with Crippen molar-refractivity contribution >= 4 is 5.69 Å². The van der Waals surface area contributed by atoms with Gasteiger partial charge >= 0.3 is 0 Å². The Hall–Kier alpha value is -2.78. The van der Waals surface area contributed by atoms with Gasteiger partial charge in [0.15, 0.2) is 0 Å². The lowest BCUT2D eigenvalue weighted by Gasteiger charge is -2.46. The Morgan fingerprint density at radius 3 is 2.28 bits per heavy atom. The molecule has 0 saturated heterocycles. The van der Waals surface area contributed by atoms with Gasteiger partial charge in [0, 0.05) is 35.8 Å². The normalized spacial score (nSPS) is 17.7. The number of hydrogen-bond acceptors (Lipinski definition) is 2. The molecule has 3 aromatic rings. The van der Waals surface area contributed by atoms with Crippen LogP contribution < -0.4 is 9.64 Å². The fraction of sp³-hybridized carbons (Fsp3) is 0.379. The maximum Gasteiger partial charge on any atom is 0.137 e. The lowest BCUT2D eigenvalue weighted by molar-refractivity contribution is -0.903.